The first-order valence-corrected chi connectivity index (χ1v) is 5.77. The predicted octanol–water partition coefficient (Wildman–Crippen LogP) is 1.47. The lowest BCUT2D eigenvalue weighted by atomic mass is 9.82. The van der Waals surface area contributed by atoms with E-state index in [-0.39, 0.29) is 5.92 Å². The summed E-state index contributed by atoms with van der Waals surface area (Å²) in [6.07, 6.45) is 3.16. The molecular weight excluding hydrogens is 198 g/mol. The van der Waals surface area contributed by atoms with Gasteiger partial charge < -0.3 is 9.84 Å². The van der Waals surface area contributed by atoms with Gasteiger partial charge in [0.25, 0.3) is 0 Å². The van der Waals surface area contributed by atoms with Crippen LogP contribution in [-0.2, 0) is 11.2 Å². The van der Waals surface area contributed by atoms with Crippen LogP contribution in [0.3, 0.4) is 0 Å². The SMILES string of the molecule is CC1COCCC1(O)Cc1nccs1. The number of aliphatic hydroxyl groups is 1. The third-order valence-corrected chi connectivity index (χ3v) is 3.68. The van der Waals surface area contributed by atoms with Crippen molar-refractivity contribution in [2.24, 2.45) is 5.92 Å². The largest absolute Gasteiger partial charge is 0.389 e. The van der Waals surface area contributed by atoms with E-state index in [1.807, 2.05) is 12.3 Å². The molecule has 1 aromatic heterocycles. The van der Waals surface area contributed by atoms with Gasteiger partial charge in [0.15, 0.2) is 0 Å². The Kier molecular flexibility index (Phi) is 2.85. The van der Waals surface area contributed by atoms with Crippen molar-refractivity contribution in [1.29, 1.82) is 0 Å². The van der Waals surface area contributed by atoms with Gasteiger partial charge in [0.2, 0.25) is 0 Å². The zero-order valence-electron chi connectivity index (χ0n) is 8.27. The van der Waals surface area contributed by atoms with Crippen molar-refractivity contribution in [3.8, 4) is 0 Å². The number of thiazole rings is 1. The van der Waals surface area contributed by atoms with E-state index in [0.29, 0.717) is 26.1 Å². The molecule has 78 valence electrons. The van der Waals surface area contributed by atoms with Crippen LogP contribution in [0.15, 0.2) is 11.6 Å². The highest BCUT2D eigenvalue weighted by Gasteiger charge is 2.37. The quantitative estimate of drug-likeness (QED) is 0.809. The van der Waals surface area contributed by atoms with E-state index >= 15 is 0 Å². The Morgan fingerprint density at radius 2 is 2.64 bits per heavy atom. The molecule has 14 heavy (non-hydrogen) atoms. The maximum atomic E-state index is 10.4. The van der Waals surface area contributed by atoms with Crippen molar-refractivity contribution in [2.45, 2.75) is 25.4 Å². The fraction of sp³-hybridized carbons (Fsp3) is 0.700. The molecule has 1 aromatic rings. The van der Waals surface area contributed by atoms with Crippen LogP contribution in [-0.4, -0.2) is 28.9 Å². The molecule has 1 aliphatic rings. The second-order valence-electron chi connectivity index (χ2n) is 3.93. The summed E-state index contributed by atoms with van der Waals surface area (Å²) in [5.41, 5.74) is -0.615. The van der Waals surface area contributed by atoms with Gasteiger partial charge in [-0.25, -0.2) is 4.98 Å². The molecule has 0 aromatic carbocycles. The maximum Gasteiger partial charge on any atom is 0.0953 e. The number of aromatic nitrogens is 1. The van der Waals surface area contributed by atoms with Crippen molar-refractivity contribution in [3.63, 3.8) is 0 Å². The fourth-order valence-electron chi connectivity index (χ4n) is 1.78. The molecule has 0 bridgehead atoms. The topological polar surface area (TPSA) is 42.4 Å². The maximum absolute atomic E-state index is 10.4. The zero-order valence-corrected chi connectivity index (χ0v) is 9.09. The summed E-state index contributed by atoms with van der Waals surface area (Å²) >= 11 is 1.61. The molecule has 2 unspecified atom stereocenters. The third kappa shape index (κ3) is 1.97. The van der Waals surface area contributed by atoms with Gasteiger partial charge in [0, 0.05) is 36.9 Å². The van der Waals surface area contributed by atoms with Crippen molar-refractivity contribution in [1.82, 2.24) is 4.98 Å². The first-order chi connectivity index (χ1) is 6.71. The lowest BCUT2D eigenvalue weighted by molar-refractivity contribution is -0.105. The number of ether oxygens (including phenoxy) is 1. The number of nitrogens with zero attached hydrogens (tertiary/aromatic N) is 1. The molecule has 3 nitrogen and oxygen atoms in total. The van der Waals surface area contributed by atoms with E-state index < -0.39 is 5.60 Å². The van der Waals surface area contributed by atoms with E-state index in [1.54, 1.807) is 17.5 Å². The molecule has 2 atom stereocenters. The van der Waals surface area contributed by atoms with Gasteiger partial charge in [-0.15, -0.1) is 11.3 Å². The average Bonchev–Trinajstić information content (AvgIpc) is 2.63. The third-order valence-electron chi connectivity index (χ3n) is 2.91. The minimum absolute atomic E-state index is 0.195. The lowest BCUT2D eigenvalue weighted by Crippen LogP contribution is -2.45. The molecule has 0 aliphatic carbocycles. The van der Waals surface area contributed by atoms with Gasteiger partial charge in [0.1, 0.15) is 0 Å². The number of hydrogen-bond donors (Lipinski definition) is 1. The monoisotopic (exact) mass is 213 g/mol. The molecule has 1 aliphatic heterocycles. The predicted molar refractivity (Wildman–Crippen MR) is 55.4 cm³/mol. The van der Waals surface area contributed by atoms with Crippen molar-refractivity contribution in [2.75, 3.05) is 13.2 Å². The molecular formula is C10H15NO2S. The standard InChI is InChI=1S/C10H15NO2S/c1-8-7-13-4-2-10(8,12)6-9-11-3-5-14-9/h3,5,8,12H,2,4,6-7H2,1H3. The first kappa shape index (κ1) is 10.1. The van der Waals surface area contributed by atoms with Crippen LogP contribution in [0.5, 0.6) is 0 Å². The highest BCUT2D eigenvalue weighted by Crippen LogP contribution is 2.30. The second-order valence-corrected chi connectivity index (χ2v) is 4.91. The summed E-state index contributed by atoms with van der Waals surface area (Å²) in [6.45, 7) is 3.35. The van der Waals surface area contributed by atoms with Gasteiger partial charge in [0.05, 0.1) is 17.2 Å². The summed E-state index contributed by atoms with van der Waals surface area (Å²) in [5.74, 6) is 0.195. The Balaban J connectivity index is 2.07. The Hall–Kier alpha value is -0.450. The lowest BCUT2D eigenvalue weighted by Gasteiger charge is -2.37. The number of rotatable bonds is 2. The minimum atomic E-state index is -0.615. The van der Waals surface area contributed by atoms with E-state index in [9.17, 15) is 5.11 Å². The number of hydrogen-bond acceptors (Lipinski definition) is 4. The van der Waals surface area contributed by atoms with Gasteiger partial charge >= 0.3 is 0 Å². The Labute approximate surface area is 87.7 Å². The van der Waals surface area contributed by atoms with Gasteiger partial charge in [-0.05, 0) is 0 Å². The summed E-state index contributed by atoms with van der Waals surface area (Å²) in [6, 6.07) is 0. The highest BCUT2D eigenvalue weighted by atomic mass is 32.1. The van der Waals surface area contributed by atoms with Crippen LogP contribution in [0.4, 0.5) is 0 Å². The Bertz CT molecular complexity index is 288. The van der Waals surface area contributed by atoms with Crippen LogP contribution >= 0.6 is 11.3 Å². The van der Waals surface area contributed by atoms with Crippen LogP contribution in [0.2, 0.25) is 0 Å². The molecule has 2 rings (SSSR count). The normalized spacial score (nSPS) is 33.1. The van der Waals surface area contributed by atoms with E-state index in [0.717, 1.165) is 5.01 Å². The Morgan fingerprint density at radius 3 is 3.29 bits per heavy atom. The van der Waals surface area contributed by atoms with Gasteiger partial charge in [-0.2, -0.15) is 0 Å². The smallest absolute Gasteiger partial charge is 0.0953 e. The van der Waals surface area contributed by atoms with Crippen molar-refractivity contribution >= 4 is 11.3 Å². The molecule has 0 spiro atoms. The van der Waals surface area contributed by atoms with Gasteiger partial charge in [-0.1, -0.05) is 6.92 Å². The summed E-state index contributed by atoms with van der Waals surface area (Å²) in [4.78, 5) is 4.21. The molecule has 2 heterocycles. The molecule has 0 radical (unpaired) electrons. The summed E-state index contributed by atoms with van der Waals surface area (Å²) < 4.78 is 5.32. The van der Waals surface area contributed by atoms with Crippen molar-refractivity contribution in [3.05, 3.63) is 16.6 Å². The second kappa shape index (κ2) is 3.96. The molecule has 1 N–H and O–H groups in total. The fourth-order valence-corrected chi connectivity index (χ4v) is 2.51. The van der Waals surface area contributed by atoms with E-state index in [1.165, 1.54) is 0 Å². The molecule has 1 saturated heterocycles. The van der Waals surface area contributed by atoms with Gasteiger partial charge in [-0.3, -0.25) is 0 Å². The van der Waals surface area contributed by atoms with E-state index in [4.69, 9.17) is 4.74 Å². The summed E-state index contributed by atoms with van der Waals surface area (Å²) in [7, 11) is 0. The van der Waals surface area contributed by atoms with E-state index in [2.05, 4.69) is 4.98 Å². The average molecular weight is 213 g/mol. The van der Waals surface area contributed by atoms with Crippen LogP contribution in [0.1, 0.15) is 18.4 Å². The van der Waals surface area contributed by atoms with Crippen molar-refractivity contribution < 1.29 is 9.84 Å². The Morgan fingerprint density at radius 1 is 1.79 bits per heavy atom. The van der Waals surface area contributed by atoms with Crippen LogP contribution in [0.25, 0.3) is 0 Å². The van der Waals surface area contributed by atoms with Crippen LogP contribution < -0.4 is 0 Å². The molecule has 4 heteroatoms. The van der Waals surface area contributed by atoms with Crippen LogP contribution in [0, 0.1) is 5.92 Å². The first-order valence-electron chi connectivity index (χ1n) is 4.89. The summed E-state index contributed by atoms with van der Waals surface area (Å²) in [5, 5.41) is 13.4. The minimum Gasteiger partial charge on any atom is -0.389 e. The zero-order chi connectivity index (χ0) is 10.0. The molecule has 1 fully saturated rings. The molecule has 0 saturated carbocycles. The highest BCUT2D eigenvalue weighted by molar-refractivity contribution is 7.09. The molecule has 0 amide bonds.